The second kappa shape index (κ2) is 5.88. The summed E-state index contributed by atoms with van der Waals surface area (Å²) in [5.74, 6) is -0.185. The third-order valence-electron chi connectivity index (χ3n) is 3.61. The van der Waals surface area contributed by atoms with Crippen LogP contribution in [0.2, 0.25) is 0 Å². The molecule has 1 N–H and O–H groups in total. The van der Waals surface area contributed by atoms with Gasteiger partial charge in [0, 0.05) is 5.56 Å². The molecule has 20 heavy (non-hydrogen) atoms. The van der Waals surface area contributed by atoms with Crippen LogP contribution in [0.1, 0.15) is 33.5 Å². The van der Waals surface area contributed by atoms with E-state index >= 15 is 0 Å². The van der Waals surface area contributed by atoms with E-state index in [9.17, 15) is 4.79 Å². The van der Waals surface area contributed by atoms with Crippen LogP contribution in [0, 0.1) is 0 Å². The van der Waals surface area contributed by atoms with E-state index in [1.807, 2.05) is 42.5 Å². The van der Waals surface area contributed by atoms with Gasteiger partial charge < -0.3 is 0 Å². The number of amides is 1. The maximum absolute atomic E-state index is 12.0. The summed E-state index contributed by atoms with van der Waals surface area (Å²) in [5, 5.41) is 0. The topological polar surface area (TPSA) is 38.3 Å². The SMILES string of the molecule is O=C(NOCc1ccccc1)c1ccc2c(c1)CCC2. The van der Waals surface area contributed by atoms with Gasteiger partial charge in [-0.2, -0.15) is 0 Å². The third-order valence-corrected chi connectivity index (χ3v) is 3.61. The number of aryl methyl sites for hydroxylation is 2. The number of hydrogen-bond acceptors (Lipinski definition) is 2. The lowest BCUT2D eigenvalue weighted by Crippen LogP contribution is -2.23. The number of nitrogens with one attached hydrogen (secondary N) is 1. The summed E-state index contributed by atoms with van der Waals surface area (Å²) in [6.45, 7) is 0.373. The summed E-state index contributed by atoms with van der Waals surface area (Å²) < 4.78 is 0. The highest BCUT2D eigenvalue weighted by Crippen LogP contribution is 2.22. The lowest BCUT2D eigenvalue weighted by Gasteiger charge is -2.07. The molecule has 0 unspecified atom stereocenters. The van der Waals surface area contributed by atoms with Gasteiger partial charge in [0.25, 0.3) is 5.91 Å². The summed E-state index contributed by atoms with van der Waals surface area (Å²) in [4.78, 5) is 17.3. The molecule has 0 saturated heterocycles. The average molecular weight is 267 g/mol. The van der Waals surface area contributed by atoms with Crippen molar-refractivity contribution >= 4 is 5.91 Å². The van der Waals surface area contributed by atoms with E-state index in [1.165, 1.54) is 17.5 Å². The monoisotopic (exact) mass is 267 g/mol. The van der Waals surface area contributed by atoms with E-state index in [0.717, 1.165) is 18.4 Å². The zero-order valence-electron chi connectivity index (χ0n) is 11.3. The van der Waals surface area contributed by atoms with Crippen LogP contribution in [0.25, 0.3) is 0 Å². The Hall–Kier alpha value is -2.13. The normalized spacial score (nSPS) is 13.0. The lowest BCUT2D eigenvalue weighted by molar-refractivity contribution is 0.0233. The van der Waals surface area contributed by atoms with Crippen LogP contribution in [0.15, 0.2) is 48.5 Å². The molecule has 3 rings (SSSR count). The van der Waals surface area contributed by atoms with Crippen molar-refractivity contribution in [1.29, 1.82) is 0 Å². The molecular weight excluding hydrogens is 250 g/mol. The highest BCUT2D eigenvalue weighted by atomic mass is 16.6. The zero-order valence-corrected chi connectivity index (χ0v) is 11.3. The quantitative estimate of drug-likeness (QED) is 0.865. The van der Waals surface area contributed by atoms with Gasteiger partial charge in [0.15, 0.2) is 0 Å². The highest BCUT2D eigenvalue weighted by molar-refractivity contribution is 5.93. The van der Waals surface area contributed by atoms with Crippen LogP contribution in [-0.4, -0.2) is 5.91 Å². The highest BCUT2D eigenvalue weighted by Gasteiger charge is 2.13. The van der Waals surface area contributed by atoms with Gasteiger partial charge in [0.05, 0.1) is 6.61 Å². The Morgan fingerprint density at radius 1 is 1.05 bits per heavy atom. The first-order valence-electron chi connectivity index (χ1n) is 6.91. The van der Waals surface area contributed by atoms with E-state index in [1.54, 1.807) is 0 Å². The molecule has 3 heteroatoms. The van der Waals surface area contributed by atoms with Crippen LogP contribution >= 0.6 is 0 Å². The van der Waals surface area contributed by atoms with Crippen LogP contribution < -0.4 is 5.48 Å². The van der Waals surface area contributed by atoms with Gasteiger partial charge in [-0.1, -0.05) is 36.4 Å². The molecule has 3 nitrogen and oxygen atoms in total. The van der Waals surface area contributed by atoms with E-state index in [4.69, 9.17) is 4.84 Å². The smallest absolute Gasteiger partial charge is 0.269 e. The van der Waals surface area contributed by atoms with E-state index in [0.29, 0.717) is 12.2 Å². The molecule has 0 heterocycles. The molecule has 0 atom stereocenters. The summed E-state index contributed by atoms with van der Waals surface area (Å²) in [5.41, 5.74) is 6.85. The van der Waals surface area contributed by atoms with Crippen molar-refractivity contribution in [3.05, 3.63) is 70.8 Å². The minimum absolute atomic E-state index is 0.185. The van der Waals surface area contributed by atoms with Gasteiger partial charge in [0.2, 0.25) is 0 Å². The average Bonchev–Trinajstić information content (AvgIpc) is 2.95. The largest absolute Gasteiger partial charge is 0.274 e. The minimum Gasteiger partial charge on any atom is -0.269 e. The minimum atomic E-state index is -0.185. The standard InChI is InChI=1S/C17H17NO2/c19-17(18-20-12-13-5-2-1-3-6-13)16-10-9-14-7-4-8-15(14)11-16/h1-3,5-6,9-11H,4,7-8,12H2,(H,18,19). The first kappa shape index (κ1) is 12.9. The molecular formula is C17H17NO2. The Kier molecular flexibility index (Phi) is 3.79. The van der Waals surface area contributed by atoms with Crippen molar-refractivity contribution in [2.45, 2.75) is 25.9 Å². The molecule has 2 aromatic rings. The van der Waals surface area contributed by atoms with Crippen LogP contribution in [0.5, 0.6) is 0 Å². The second-order valence-corrected chi connectivity index (χ2v) is 5.04. The van der Waals surface area contributed by atoms with Crippen molar-refractivity contribution < 1.29 is 9.63 Å². The summed E-state index contributed by atoms with van der Waals surface area (Å²) in [6, 6.07) is 15.7. The van der Waals surface area contributed by atoms with E-state index < -0.39 is 0 Å². The summed E-state index contributed by atoms with van der Waals surface area (Å²) in [7, 11) is 0. The Morgan fingerprint density at radius 2 is 1.85 bits per heavy atom. The molecule has 0 bridgehead atoms. The van der Waals surface area contributed by atoms with Gasteiger partial charge >= 0.3 is 0 Å². The molecule has 0 spiro atoms. The maximum atomic E-state index is 12.0. The number of hydrogen-bond donors (Lipinski definition) is 1. The molecule has 0 radical (unpaired) electrons. The lowest BCUT2D eigenvalue weighted by atomic mass is 10.1. The van der Waals surface area contributed by atoms with Crippen LogP contribution in [0.4, 0.5) is 0 Å². The molecule has 1 aliphatic carbocycles. The van der Waals surface area contributed by atoms with Gasteiger partial charge in [-0.05, 0) is 48.1 Å². The third kappa shape index (κ3) is 2.89. The van der Waals surface area contributed by atoms with Crippen molar-refractivity contribution in [1.82, 2.24) is 5.48 Å². The Bertz CT molecular complexity index is 608. The number of fused-ring (bicyclic) bond motifs is 1. The van der Waals surface area contributed by atoms with Crippen LogP contribution in [0.3, 0.4) is 0 Å². The fourth-order valence-corrected chi connectivity index (χ4v) is 2.53. The Balaban J connectivity index is 1.57. The molecule has 102 valence electrons. The molecule has 2 aromatic carbocycles. The molecule has 1 aliphatic rings. The zero-order chi connectivity index (χ0) is 13.8. The Morgan fingerprint density at radius 3 is 2.70 bits per heavy atom. The Labute approximate surface area is 118 Å². The predicted octanol–water partition coefficient (Wildman–Crippen LogP) is 3.04. The van der Waals surface area contributed by atoms with Gasteiger partial charge in [-0.25, -0.2) is 5.48 Å². The fraction of sp³-hybridized carbons (Fsp3) is 0.235. The van der Waals surface area contributed by atoms with Gasteiger partial charge in [-0.15, -0.1) is 0 Å². The van der Waals surface area contributed by atoms with Crippen molar-refractivity contribution in [3.8, 4) is 0 Å². The molecule has 1 amide bonds. The second-order valence-electron chi connectivity index (χ2n) is 5.04. The fourth-order valence-electron chi connectivity index (χ4n) is 2.53. The summed E-state index contributed by atoms with van der Waals surface area (Å²) >= 11 is 0. The molecule has 0 aromatic heterocycles. The number of benzene rings is 2. The van der Waals surface area contributed by atoms with E-state index in [-0.39, 0.29) is 5.91 Å². The van der Waals surface area contributed by atoms with Gasteiger partial charge in [0.1, 0.15) is 0 Å². The van der Waals surface area contributed by atoms with Gasteiger partial charge in [-0.3, -0.25) is 9.63 Å². The van der Waals surface area contributed by atoms with E-state index in [2.05, 4.69) is 11.5 Å². The number of carbonyl (C=O) groups excluding carboxylic acids is 1. The van der Waals surface area contributed by atoms with Crippen molar-refractivity contribution in [2.24, 2.45) is 0 Å². The first-order chi connectivity index (χ1) is 9.83. The first-order valence-corrected chi connectivity index (χ1v) is 6.91. The van der Waals surface area contributed by atoms with Crippen molar-refractivity contribution in [2.75, 3.05) is 0 Å². The predicted molar refractivity (Wildman–Crippen MR) is 77.2 cm³/mol. The maximum Gasteiger partial charge on any atom is 0.274 e. The van der Waals surface area contributed by atoms with Crippen LogP contribution in [-0.2, 0) is 24.3 Å². The molecule has 0 aliphatic heterocycles. The number of carbonyl (C=O) groups is 1. The molecule has 0 saturated carbocycles. The number of rotatable bonds is 4. The molecule has 0 fully saturated rings. The summed E-state index contributed by atoms with van der Waals surface area (Å²) in [6.07, 6.45) is 3.38. The van der Waals surface area contributed by atoms with Crippen molar-refractivity contribution in [3.63, 3.8) is 0 Å². The number of hydroxylamine groups is 1.